The summed E-state index contributed by atoms with van der Waals surface area (Å²) in [5.74, 6) is 0. The molecule has 0 spiro atoms. The number of carbonyl (C=O) groups excluding carboxylic acids is 1. The third-order valence-electron chi connectivity index (χ3n) is 4.78. The van der Waals surface area contributed by atoms with Gasteiger partial charge in [-0.15, -0.1) is 0 Å². The first-order valence-electron chi connectivity index (χ1n) is 9.27. The molecule has 1 aromatic carbocycles. The Hall–Kier alpha value is -1.59. The van der Waals surface area contributed by atoms with Crippen molar-refractivity contribution in [1.82, 2.24) is 9.80 Å². The molecule has 0 saturated carbocycles. The van der Waals surface area contributed by atoms with Gasteiger partial charge in [-0.3, -0.25) is 4.90 Å². The Bertz CT molecular complexity index is 542. The molecular formula is C20H32N2O3. The summed E-state index contributed by atoms with van der Waals surface area (Å²) in [6, 6.07) is 10.1. The molecule has 1 N–H and O–H groups in total. The molecule has 0 aliphatic carbocycles. The molecular weight excluding hydrogens is 316 g/mol. The van der Waals surface area contributed by atoms with E-state index in [1.165, 1.54) is 0 Å². The second-order valence-corrected chi connectivity index (χ2v) is 7.56. The lowest BCUT2D eigenvalue weighted by Crippen LogP contribution is -2.61. The van der Waals surface area contributed by atoms with Crippen LogP contribution in [-0.2, 0) is 11.3 Å². The van der Waals surface area contributed by atoms with Crippen molar-refractivity contribution >= 4 is 6.09 Å². The predicted octanol–water partition coefficient (Wildman–Crippen LogP) is 3.27. The number of carbonyl (C=O) groups is 1. The van der Waals surface area contributed by atoms with Crippen molar-refractivity contribution in [2.75, 3.05) is 19.6 Å². The van der Waals surface area contributed by atoms with Gasteiger partial charge in [-0.1, -0.05) is 44.2 Å². The summed E-state index contributed by atoms with van der Waals surface area (Å²) < 4.78 is 5.55. The molecule has 1 fully saturated rings. The highest BCUT2D eigenvalue weighted by Gasteiger charge is 2.37. The normalized spacial score (nSPS) is 22.0. The zero-order valence-corrected chi connectivity index (χ0v) is 15.9. The van der Waals surface area contributed by atoms with Gasteiger partial charge in [0.25, 0.3) is 0 Å². The Labute approximate surface area is 151 Å². The van der Waals surface area contributed by atoms with Crippen molar-refractivity contribution in [3.8, 4) is 0 Å². The van der Waals surface area contributed by atoms with Crippen molar-refractivity contribution in [1.29, 1.82) is 0 Å². The summed E-state index contributed by atoms with van der Waals surface area (Å²) >= 11 is 0. The minimum absolute atomic E-state index is 0.119. The van der Waals surface area contributed by atoms with Crippen LogP contribution in [0.25, 0.3) is 0 Å². The SMILES string of the molecule is CCC1CN(C(=O)OCc2ccccc2)C(CC)CN1CC(C)(C)O. The van der Waals surface area contributed by atoms with Crippen LogP contribution >= 0.6 is 0 Å². The number of benzene rings is 1. The fourth-order valence-electron chi connectivity index (χ4n) is 3.46. The van der Waals surface area contributed by atoms with E-state index in [4.69, 9.17) is 4.74 Å². The molecule has 2 atom stereocenters. The number of hydrogen-bond acceptors (Lipinski definition) is 4. The van der Waals surface area contributed by atoms with Gasteiger partial charge in [0.2, 0.25) is 0 Å². The first-order chi connectivity index (χ1) is 11.8. The van der Waals surface area contributed by atoms with E-state index in [-0.39, 0.29) is 18.2 Å². The second kappa shape index (κ2) is 8.68. The van der Waals surface area contributed by atoms with Gasteiger partial charge in [0.1, 0.15) is 6.61 Å². The Morgan fingerprint density at radius 3 is 2.36 bits per heavy atom. The van der Waals surface area contributed by atoms with Crippen molar-refractivity contribution in [2.24, 2.45) is 0 Å². The maximum absolute atomic E-state index is 12.6. The molecule has 1 amide bonds. The molecule has 25 heavy (non-hydrogen) atoms. The summed E-state index contributed by atoms with van der Waals surface area (Å²) in [5, 5.41) is 10.2. The van der Waals surface area contributed by atoms with Crippen LogP contribution < -0.4 is 0 Å². The minimum Gasteiger partial charge on any atom is -0.445 e. The lowest BCUT2D eigenvalue weighted by Gasteiger charge is -2.47. The molecule has 0 radical (unpaired) electrons. The molecule has 1 aromatic rings. The number of ether oxygens (including phenoxy) is 1. The van der Waals surface area contributed by atoms with Crippen LogP contribution in [0.3, 0.4) is 0 Å². The van der Waals surface area contributed by atoms with Crippen LogP contribution in [0.1, 0.15) is 46.1 Å². The van der Waals surface area contributed by atoms with Crippen molar-refractivity contribution in [3.63, 3.8) is 0 Å². The molecule has 2 unspecified atom stereocenters. The Morgan fingerprint density at radius 1 is 1.16 bits per heavy atom. The van der Waals surface area contributed by atoms with E-state index in [0.29, 0.717) is 19.7 Å². The number of piperazine rings is 1. The van der Waals surface area contributed by atoms with Gasteiger partial charge in [-0.2, -0.15) is 0 Å². The molecule has 1 heterocycles. The molecule has 5 heteroatoms. The summed E-state index contributed by atoms with van der Waals surface area (Å²) in [7, 11) is 0. The lowest BCUT2D eigenvalue weighted by molar-refractivity contribution is -0.0291. The van der Waals surface area contributed by atoms with Gasteiger partial charge in [0, 0.05) is 31.7 Å². The quantitative estimate of drug-likeness (QED) is 0.857. The molecule has 0 aromatic heterocycles. The maximum atomic E-state index is 12.6. The predicted molar refractivity (Wildman–Crippen MR) is 99.4 cm³/mol. The van der Waals surface area contributed by atoms with Crippen LogP contribution in [0.4, 0.5) is 4.79 Å². The molecule has 1 aliphatic heterocycles. The second-order valence-electron chi connectivity index (χ2n) is 7.56. The molecule has 1 aliphatic rings. The highest BCUT2D eigenvalue weighted by atomic mass is 16.6. The lowest BCUT2D eigenvalue weighted by atomic mass is 10.00. The fraction of sp³-hybridized carbons (Fsp3) is 0.650. The highest BCUT2D eigenvalue weighted by Crippen LogP contribution is 2.23. The van der Waals surface area contributed by atoms with Gasteiger partial charge >= 0.3 is 6.09 Å². The van der Waals surface area contributed by atoms with Crippen molar-refractivity contribution < 1.29 is 14.6 Å². The van der Waals surface area contributed by atoms with E-state index in [2.05, 4.69) is 18.7 Å². The first-order valence-corrected chi connectivity index (χ1v) is 9.27. The van der Waals surface area contributed by atoms with Crippen LogP contribution in [0, 0.1) is 0 Å². The Kier molecular flexibility index (Phi) is 6.85. The summed E-state index contributed by atoms with van der Waals surface area (Å²) in [6.07, 6.45) is 1.57. The summed E-state index contributed by atoms with van der Waals surface area (Å²) in [6.45, 7) is 10.2. The number of aliphatic hydroxyl groups is 1. The van der Waals surface area contributed by atoms with Crippen LogP contribution in [0.5, 0.6) is 0 Å². The zero-order chi connectivity index (χ0) is 18.4. The van der Waals surface area contributed by atoms with E-state index in [0.717, 1.165) is 24.9 Å². The van der Waals surface area contributed by atoms with Gasteiger partial charge in [0.05, 0.1) is 5.60 Å². The van der Waals surface area contributed by atoms with E-state index in [1.807, 2.05) is 49.1 Å². The standard InChI is InChI=1S/C20H32N2O3/c1-5-17-13-22(18(6-2)12-21(17)15-20(3,4)24)19(23)25-14-16-10-8-7-9-11-16/h7-11,17-18,24H,5-6,12-15H2,1-4H3. The Morgan fingerprint density at radius 2 is 1.80 bits per heavy atom. The van der Waals surface area contributed by atoms with Gasteiger partial charge in [-0.05, 0) is 32.3 Å². The average Bonchev–Trinajstić information content (AvgIpc) is 2.58. The number of hydrogen-bond donors (Lipinski definition) is 1. The zero-order valence-electron chi connectivity index (χ0n) is 15.9. The van der Waals surface area contributed by atoms with Gasteiger partial charge in [0.15, 0.2) is 0 Å². The Balaban J connectivity index is 2.00. The van der Waals surface area contributed by atoms with Gasteiger partial charge < -0.3 is 14.7 Å². The summed E-state index contributed by atoms with van der Waals surface area (Å²) in [5.41, 5.74) is 0.262. The average molecular weight is 348 g/mol. The first kappa shape index (κ1) is 19.7. The third-order valence-corrected chi connectivity index (χ3v) is 4.78. The molecule has 2 rings (SSSR count). The smallest absolute Gasteiger partial charge is 0.410 e. The molecule has 1 saturated heterocycles. The number of amides is 1. The molecule has 140 valence electrons. The highest BCUT2D eigenvalue weighted by molar-refractivity contribution is 5.68. The van der Waals surface area contributed by atoms with Crippen LogP contribution in [0.15, 0.2) is 30.3 Å². The third kappa shape index (κ3) is 5.72. The van der Waals surface area contributed by atoms with Crippen LogP contribution in [0.2, 0.25) is 0 Å². The van der Waals surface area contributed by atoms with Crippen molar-refractivity contribution in [2.45, 2.75) is 64.8 Å². The van der Waals surface area contributed by atoms with E-state index in [1.54, 1.807) is 0 Å². The molecule has 5 nitrogen and oxygen atoms in total. The minimum atomic E-state index is -0.734. The van der Waals surface area contributed by atoms with Crippen LogP contribution in [-0.4, -0.2) is 58.3 Å². The topological polar surface area (TPSA) is 53.0 Å². The fourth-order valence-corrected chi connectivity index (χ4v) is 3.46. The largest absolute Gasteiger partial charge is 0.445 e. The van der Waals surface area contributed by atoms with E-state index >= 15 is 0 Å². The van der Waals surface area contributed by atoms with E-state index in [9.17, 15) is 9.90 Å². The summed E-state index contributed by atoms with van der Waals surface area (Å²) in [4.78, 5) is 16.8. The number of nitrogens with zero attached hydrogens (tertiary/aromatic N) is 2. The maximum Gasteiger partial charge on any atom is 0.410 e. The number of rotatable bonds is 6. The van der Waals surface area contributed by atoms with Crippen molar-refractivity contribution in [3.05, 3.63) is 35.9 Å². The van der Waals surface area contributed by atoms with Gasteiger partial charge in [-0.25, -0.2) is 4.79 Å². The number of β-amino-alcohol motifs (C(OH)–C–C–N with tert-alkyl or cyclic N) is 1. The van der Waals surface area contributed by atoms with E-state index < -0.39 is 5.60 Å². The monoisotopic (exact) mass is 348 g/mol. The molecule has 0 bridgehead atoms.